The third-order valence-electron chi connectivity index (χ3n) is 3.43. The second kappa shape index (κ2) is 10.9. The van der Waals surface area contributed by atoms with Crippen molar-refractivity contribution < 1.29 is 47.6 Å². The summed E-state index contributed by atoms with van der Waals surface area (Å²) in [6.07, 6.45) is -4.99. The first-order chi connectivity index (χ1) is 12.6. The van der Waals surface area contributed by atoms with Gasteiger partial charge in [-0.2, -0.15) is 0 Å². The smallest absolute Gasteiger partial charge is 0.303 e. The van der Waals surface area contributed by atoms with E-state index >= 15 is 0 Å². The maximum absolute atomic E-state index is 11.6. The van der Waals surface area contributed by atoms with Crippen LogP contribution in [0, 0.1) is 0 Å². The Hall–Kier alpha value is -2.14. The molecule has 1 aliphatic heterocycles. The Morgan fingerprint density at radius 3 is 1.81 bits per heavy atom. The first-order valence-electron chi connectivity index (χ1n) is 8.57. The molecule has 152 valence electrons. The Bertz CT molecular complexity index is 551. The van der Waals surface area contributed by atoms with Gasteiger partial charge in [-0.1, -0.05) is 6.32 Å². The SMILES string of the molecule is BCCOC1O[C@H](COC(C)=O)[C@H](OC(C)=O)[C@H](OC(C)=O)[C@H]1OC(C)=O. The fourth-order valence-electron chi connectivity index (χ4n) is 2.56. The summed E-state index contributed by atoms with van der Waals surface area (Å²) in [5.74, 6) is -2.59. The summed E-state index contributed by atoms with van der Waals surface area (Å²) in [5.41, 5.74) is 0. The first kappa shape index (κ1) is 22.9. The van der Waals surface area contributed by atoms with E-state index in [9.17, 15) is 19.2 Å². The first-order valence-corrected chi connectivity index (χ1v) is 8.57. The van der Waals surface area contributed by atoms with Crippen LogP contribution < -0.4 is 0 Å². The summed E-state index contributed by atoms with van der Waals surface area (Å²) < 4.78 is 32.0. The summed E-state index contributed by atoms with van der Waals surface area (Å²) in [6.45, 7) is 4.70. The molecule has 0 amide bonds. The molecule has 1 aliphatic rings. The van der Waals surface area contributed by atoms with Crippen LogP contribution >= 0.6 is 0 Å². The van der Waals surface area contributed by atoms with Crippen molar-refractivity contribution in [3.8, 4) is 0 Å². The Morgan fingerprint density at radius 1 is 0.815 bits per heavy atom. The van der Waals surface area contributed by atoms with Crippen LogP contribution in [0.5, 0.6) is 0 Å². The van der Waals surface area contributed by atoms with Gasteiger partial charge in [-0.05, 0) is 0 Å². The average molecular weight is 388 g/mol. The predicted octanol–water partition coefficient (Wildman–Crippen LogP) is -0.862. The van der Waals surface area contributed by atoms with E-state index in [4.69, 9.17) is 28.4 Å². The third-order valence-corrected chi connectivity index (χ3v) is 3.43. The van der Waals surface area contributed by atoms with E-state index in [1.165, 1.54) is 13.8 Å². The van der Waals surface area contributed by atoms with Crippen LogP contribution in [0.2, 0.25) is 6.32 Å². The van der Waals surface area contributed by atoms with Gasteiger partial charge in [0.2, 0.25) is 0 Å². The van der Waals surface area contributed by atoms with E-state index in [0.29, 0.717) is 6.32 Å². The molecule has 0 aromatic heterocycles. The van der Waals surface area contributed by atoms with E-state index in [2.05, 4.69) is 0 Å². The van der Waals surface area contributed by atoms with Crippen LogP contribution in [0.25, 0.3) is 0 Å². The third kappa shape index (κ3) is 7.55. The number of esters is 4. The molecule has 1 unspecified atom stereocenters. The maximum atomic E-state index is 11.6. The largest absolute Gasteiger partial charge is 0.463 e. The van der Waals surface area contributed by atoms with Crippen LogP contribution in [0.1, 0.15) is 27.7 Å². The zero-order chi connectivity index (χ0) is 20.6. The monoisotopic (exact) mass is 388 g/mol. The molecule has 0 aromatic carbocycles. The fourth-order valence-corrected chi connectivity index (χ4v) is 2.56. The lowest BCUT2D eigenvalue weighted by Gasteiger charge is -2.44. The van der Waals surface area contributed by atoms with Crippen molar-refractivity contribution in [1.29, 1.82) is 0 Å². The van der Waals surface area contributed by atoms with Gasteiger partial charge < -0.3 is 28.4 Å². The average Bonchev–Trinajstić information content (AvgIpc) is 2.54. The van der Waals surface area contributed by atoms with Crippen LogP contribution in [0.3, 0.4) is 0 Å². The minimum absolute atomic E-state index is 0.272. The van der Waals surface area contributed by atoms with Crippen molar-refractivity contribution >= 4 is 31.7 Å². The Balaban J connectivity index is 3.22. The molecule has 10 nitrogen and oxygen atoms in total. The topological polar surface area (TPSA) is 124 Å². The second-order valence-electron chi connectivity index (χ2n) is 5.94. The number of hydrogen-bond acceptors (Lipinski definition) is 10. The number of ether oxygens (including phenoxy) is 6. The lowest BCUT2D eigenvalue weighted by atomic mass is 9.98. The molecule has 1 saturated heterocycles. The molecule has 0 aromatic rings. The lowest BCUT2D eigenvalue weighted by molar-refractivity contribution is -0.307. The molecule has 11 heteroatoms. The Labute approximate surface area is 158 Å². The maximum Gasteiger partial charge on any atom is 0.303 e. The molecule has 0 bridgehead atoms. The molecule has 0 N–H and O–H groups in total. The predicted molar refractivity (Wildman–Crippen MR) is 91.3 cm³/mol. The van der Waals surface area contributed by atoms with Crippen molar-refractivity contribution in [3.63, 3.8) is 0 Å². The Kier molecular flexibility index (Phi) is 9.23. The highest BCUT2D eigenvalue weighted by Crippen LogP contribution is 2.29. The van der Waals surface area contributed by atoms with Gasteiger partial charge in [0.1, 0.15) is 20.6 Å². The summed E-state index contributed by atoms with van der Waals surface area (Å²) in [4.78, 5) is 45.8. The van der Waals surface area contributed by atoms with E-state index < -0.39 is 54.6 Å². The highest BCUT2D eigenvalue weighted by Gasteiger charge is 2.52. The van der Waals surface area contributed by atoms with E-state index in [1.807, 2.05) is 7.85 Å². The molecule has 0 spiro atoms. The molecule has 1 rings (SSSR count). The zero-order valence-corrected chi connectivity index (χ0v) is 16.1. The van der Waals surface area contributed by atoms with Gasteiger partial charge in [0.05, 0.1) is 0 Å². The quantitative estimate of drug-likeness (QED) is 0.295. The molecular weight excluding hydrogens is 363 g/mol. The summed E-state index contributed by atoms with van der Waals surface area (Å²) in [5, 5.41) is 0. The van der Waals surface area contributed by atoms with Gasteiger partial charge in [-0.15, -0.1) is 0 Å². The molecular formula is C16H25BO10. The van der Waals surface area contributed by atoms with Crippen LogP contribution in [0.15, 0.2) is 0 Å². The van der Waals surface area contributed by atoms with Crippen LogP contribution in [-0.2, 0) is 47.6 Å². The number of carbonyl (C=O) groups excluding carboxylic acids is 4. The van der Waals surface area contributed by atoms with Gasteiger partial charge in [0, 0.05) is 34.3 Å². The van der Waals surface area contributed by atoms with Crippen molar-refractivity contribution in [1.82, 2.24) is 0 Å². The molecule has 0 saturated carbocycles. The number of rotatable bonds is 8. The van der Waals surface area contributed by atoms with Crippen LogP contribution in [-0.4, -0.2) is 75.6 Å². The van der Waals surface area contributed by atoms with Gasteiger partial charge in [0.25, 0.3) is 0 Å². The number of carbonyl (C=O) groups is 4. The standard InChI is InChI=1S/C16H25BO10/c1-8(18)23-7-12-13(24-9(2)19)14(25-10(3)20)15(26-11(4)21)16(27-12)22-6-5-17/h12-16H,5-7,17H2,1-4H3/t12-,13+,14+,15-,16?/m1/s1. The highest BCUT2D eigenvalue weighted by atomic mass is 16.7. The van der Waals surface area contributed by atoms with Crippen molar-refractivity contribution in [3.05, 3.63) is 0 Å². The number of hydrogen-bond donors (Lipinski definition) is 0. The Morgan fingerprint density at radius 2 is 1.33 bits per heavy atom. The molecule has 5 atom stereocenters. The molecule has 0 radical (unpaired) electrons. The molecule has 1 fully saturated rings. The van der Waals surface area contributed by atoms with Crippen molar-refractivity contribution in [2.24, 2.45) is 0 Å². The van der Waals surface area contributed by atoms with Crippen molar-refractivity contribution in [2.45, 2.75) is 64.7 Å². The lowest BCUT2D eigenvalue weighted by Crippen LogP contribution is -2.63. The van der Waals surface area contributed by atoms with E-state index in [0.717, 1.165) is 13.8 Å². The zero-order valence-electron chi connectivity index (χ0n) is 16.1. The van der Waals surface area contributed by atoms with Crippen LogP contribution in [0.4, 0.5) is 0 Å². The normalized spacial score (nSPS) is 27.3. The summed E-state index contributed by atoms with van der Waals surface area (Å²) in [6, 6.07) is 0. The summed E-state index contributed by atoms with van der Waals surface area (Å²) >= 11 is 0. The minimum Gasteiger partial charge on any atom is -0.463 e. The van der Waals surface area contributed by atoms with Crippen molar-refractivity contribution in [2.75, 3.05) is 13.2 Å². The van der Waals surface area contributed by atoms with Gasteiger partial charge in [-0.25, -0.2) is 0 Å². The van der Waals surface area contributed by atoms with E-state index in [1.54, 1.807) is 0 Å². The van der Waals surface area contributed by atoms with Gasteiger partial charge in [-0.3, -0.25) is 19.2 Å². The van der Waals surface area contributed by atoms with E-state index in [-0.39, 0.29) is 13.2 Å². The fraction of sp³-hybridized carbons (Fsp3) is 0.750. The van der Waals surface area contributed by atoms with Gasteiger partial charge >= 0.3 is 23.9 Å². The minimum atomic E-state index is -1.20. The molecule has 1 heterocycles. The molecule has 27 heavy (non-hydrogen) atoms. The van der Waals surface area contributed by atoms with Gasteiger partial charge in [0.15, 0.2) is 24.6 Å². The summed E-state index contributed by atoms with van der Waals surface area (Å²) in [7, 11) is 1.87. The molecule has 0 aliphatic carbocycles. The highest BCUT2D eigenvalue weighted by molar-refractivity contribution is 6.08. The second-order valence-corrected chi connectivity index (χ2v) is 5.94.